The van der Waals surface area contributed by atoms with Crippen molar-refractivity contribution < 1.29 is 37.1 Å². The van der Waals surface area contributed by atoms with Crippen LogP contribution in [-0.2, 0) is 29.2 Å². The minimum Gasteiger partial charge on any atom is -0.497 e. The lowest BCUT2D eigenvalue weighted by Gasteiger charge is -2.32. The number of nitrogens with zero attached hydrogens (tertiary/aromatic N) is 3. The van der Waals surface area contributed by atoms with E-state index in [-0.39, 0.29) is 43.5 Å². The Labute approximate surface area is 334 Å². The first kappa shape index (κ1) is 40.2. The molecule has 2 aromatic carbocycles. The van der Waals surface area contributed by atoms with Gasteiger partial charge in [0.15, 0.2) is 0 Å². The predicted octanol–water partition coefficient (Wildman–Crippen LogP) is 4.99. The molecule has 4 fully saturated rings. The number of hydrogen-bond donors (Lipinski definition) is 2. The summed E-state index contributed by atoms with van der Waals surface area (Å²) in [4.78, 5) is 64.7. The van der Waals surface area contributed by atoms with E-state index in [1.165, 1.54) is 11.0 Å². The number of sulfonamides is 1. The molecule has 57 heavy (non-hydrogen) atoms. The van der Waals surface area contributed by atoms with E-state index in [0.717, 1.165) is 24.8 Å². The van der Waals surface area contributed by atoms with Crippen molar-refractivity contribution in [2.24, 2.45) is 17.8 Å². The van der Waals surface area contributed by atoms with Gasteiger partial charge in [0, 0.05) is 60.8 Å². The summed E-state index contributed by atoms with van der Waals surface area (Å²) in [5.74, 6) is -1.78. The van der Waals surface area contributed by atoms with Crippen molar-refractivity contribution in [3.8, 4) is 22.8 Å². The molecule has 0 radical (unpaired) electrons. The Morgan fingerprint density at radius 2 is 1.77 bits per heavy atom. The third-order valence-electron chi connectivity index (χ3n) is 11.7. The number of hydrogen-bond acceptors (Lipinski definition) is 9. The Bertz CT molecular complexity index is 2140. The van der Waals surface area contributed by atoms with Crippen LogP contribution in [-0.4, -0.2) is 96.5 Å². The van der Waals surface area contributed by atoms with Gasteiger partial charge in [-0.2, -0.15) is 0 Å². The second-order valence-corrected chi connectivity index (χ2v) is 18.4. The minimum absolute atomic E-state index is 0.0224. The Morgan fingerprint density at radius 3 is 2.42 bits per heavy atom. The van der Waals surface area contributed by atoms with Gasteiger partial charge in [0.05, 0.1) is 30.1 Å². The molecule has 304 valence electrons. The number of ether oxygens (including phenoxy) is 2. The lowest BCUT2D eigenvalue weighted by atomic mass is 9.91. The van der Waals surface area contributed by atoms with Crippen LogP contribution in [0.5, 0.6) is 11.5 Å². The van der Waals surface area contributed by atoms with Crippen molar-refractivity contribution in [1.29, 1.82) is 0 Å². The lowest BCUT2D eigenvalue weighted by molar-refractivity contribution is -0.146. The van der Waals surface area contributed by atoms with Crippen LogP contribution in [0.2, 0.25) is 0 Å². The van der Waals surface area contributed by atoms with Gasteiger partial charge in [-0.3, -0.25) is 23.9 Å². The van der Waals surface area contributed by atoms with Crippen LogP contribution in [0.3, 0.4) is 0 Å². The summed E-state index contributed by atoms with van der Waals surface area (Å²) in [6, 6.07) is 15.9. The maximum atomic E-state index is 14.8. The number of amides is 4. The molecule has 2 saturated heterocycles. The van der Waals surface area contributed by atoms with Crippen LogP contribution < -0.4 is 19.5 Å². The molecular formula is C43H53N5O8S. The molecule has 2 N–H and O–H groups in total. The highest BCUT2D eigenvalue weighted by Crippen LogP contribution is 2.46. The number of pyridine rings is 1. The normalized spacial score (nSPS) is 23.8. The first-order valence-corrected chi connectivity index (χ1v) is 21.7. The van der Waals surface area contributed by atoms with Gasteiger partial charge in [0.1, 0.15) is 29.2 Å². The summed E-state index contributed by atoms with van der Waals surface area (Å²) in [6.07, 6.45) is 5.45. The molecule has 2 aliphatic carbocycles. The summed E-state index contributed by atoms with van der Waals surface area (Å²) in [6.45, 7) is 9.19. The topological polar surface area (TPSA) is 164 Å². The average Bonchev–Trinajstić information content (AvgIpc) is 4.14. The molecule has 14 heteroatoms. The van der Waals surface area contributed by atoms with Crippen molar-refractivity contribution in [2.75, 3.05) is 26.7 Å². The molecular weight excluding hydrogens is 747 g/mol. The van der Waals surface area contributed by atoms with Crippen LogP contribution in [0.15, 0.2) is 67.3 Å². The predicted molar refractivity (Wildman–Crippen MR) is 216 cm³/mol. The fraction of sp³-hybridized carbons (Fsp3) is 0.512. The largest absolute Gasteiger partial charge is 0.497 e. The molecule has 4 amide bonds. The number of carbonyl (C=O) groups excluding carboxylic acids is 4. The first-order valence-electron chi connectivity index (χ1n) is 20.1. The molecule has 1 aromatic heterocycles. The van der Waals surface area contributed by atoms with Gasteiger partial charge < -0.3 is 24.6 Å². The number of carbonyl (C=O) groups is 4. The summed E-state index contributed by atoms with van der Waals surface area (Å²) in [5.41, 5.74) is 0.646. The standard InChI is InChI=1S/C43H53N5O8S/c1-5-30-25-43(30,42(52)46-57(53,54)33-15-16-33)45-40(50)37-23-32(26-48(37)41(51)29(20-27(2)3)21-39(49)47-18-10-7-11-19-47)56-38-24-35(28-12-8-6-9-13-28)44-36-22-31(55-4)14-17-34(36)38/h5-6,8-9,12-14,17,22,24,27,29-30,32-33,37H,1,7,10-11,15-16,18-21,23,25-26H2,2-4H3,(H,45,50)(H,46,52)/t29-,30+,32-,37+,43-/m1/s1. The van der Waals surface area contributed by atoms with Gasteiger partial charge in [-0.15, -0.1) is 6.58 Å². The van der Waals surface area contributed by atoms with Gasteiger partial charge in [-0.05, 0) is 63.0 Å². The zero-order valence-corrected chi connectivity index (χ0v) is 33.8. The Morgan fingerprint density at radius 1 is 1.04 bits per heavy atom. The molecule has 7 rings (SSSR count). The highest BCUT2D eigenvalue weighted by Gasteiger charge is 2.62. The molecule has 0 spiro atoms. The highest BCUT2D eigenvalue weighted by atomic mass is 32.2. The summed E-state index contributed by atoms with van der Waals surface area (Å²) in [7, 11) is -2.31. The third kappa shape index (κ3) is 8.80. The second-order valence-electron chi connectivity index (χ2n) is 16.4. The molecule has 0 unspecified atom stereocenters. The monoisotopic (exact) mass is 799 g/mol. The number of methoxy groups -OCH3 is 1. The van der Waals surface area contributed by atoms with Crippen LogP contribution in [0.4, 0.5) is 0 Å². The minimum atomic E-state index is -3.89. The number of aromatic nitrogens is 1. The Hall–Kier alpha value is -4.98. The van der Waals surface area contributed by atoms with E-state index >= 15 is 0 Å². The zero-order chi connectivity index (χ0) is 40.5. The van der Waals surface area contributed by atoms with Crippen molar-refractivity contribution in [2.45, 2.75) is 94.6 Å². The molecule has 3 heterocycles. The summed E-state index contributed by atoms with van der Waals surface area (Å²) < 4.78 is 40.0. The molecule has 2 aliphatic heterocycles. The van der Waals surface area contributed by atoms with Crippen molar-refractivity contribution in [1.82, 2.24) is 24.8 Å². The van der Waals surface area contributed by atoms with Gasteiger partial charge in [-0.1, -0.05) is 50.3 Å². The van der Waals surface area contributed by atoms with Crippen LogP contribution in [0.25, 0.3) is 22.2 Å². The molecule has 2 saturated carbocycles. The summed E-state index contributed by atoms with van der Waals surface area (Å²) in [5, 5.41) is 2.95. The fourth-order valence-electron chi connectivity index (χ4n) is 8.29. The van der Waals surface area contributed by atoms with E-state index in [1.54, 1.807) is 7.11 Å². The van der Waals surface area contributed by atoms with E-state index in [4.69, 9.17) is 14.5 Å². The van der Waals surface area contributed by atoms with Crippen LogP contribution >= 0.6 is 0 Å². The first-order chi connectivity index (χ1) is 27.3. The number of fused-ring (bicyclic) bond motifs is 1. The quantitative estimate of drug-likeness (QED) is 0.202. The van der Waals surface area contributed by atoms with Gasteiger partial charge in [-0.25, -0.2) is 13.4 Å². The average molecular weight is 800 g/mol. The number of rotatable bonds is 15. The third-order valence-corrected chi connectivity index (χ3v) is 13.5. The smallest absolute Gasteiger partial charge is 0.259 e. The van der Waals surface area contributed by atoms with Gasteiger partial charge >= 0.3 is 0 Å². The van der Waals surface area contributed by atoms with Crippen molar-refractivity contribution in [3.05, 3.63) is 67.3 Å². The molecule has 4 aliphatic rings. The maximum Gasteiger partial charge on any atom is 0.259 e. The SMILES string of the molecule is C=C[C@H]1C[C@]1(NC(=O)[C@@H]1C[C@@H](Oc2cc(-c3ccccc3)nc3cc(OC)ccc23)CN1C(=O)[C@@H](CC(=O)N1CCCCC1)CC(C)C)C(=O)NS(=O)(=O)C1CC1. The van der Waals surface area contributed by atoms with Gasteiger partial charge in [0.2, 0.25) is 27.7 Å². The Kier molecular flexibility index (Phi) is 11.6. The van der Waals surface area contributed by atoms with E-state index in [1.807, 2.05) is 73.3 Å². The number of nitrogens with one attached hydrogen (secondary N) is 2. The highest BCUT2D eigenvalue weighted by molar-refractivity contribution is 7.91. The second kappa shape index (κ2) is 16.5. The van der Waals surface area contributed by atoms with Crippen LogP contribution in [0.1, 0.15) is 71.6 Å². The number of likely N-dealkylation sites (tertiary alicyclic amines) is 2. The number of piperidine rings is 1. The molecule has 0 bridgehead atoms. The van der Waals surface area contributed by atoms with Crippen molar-refractivity contribution in [3.63, 3.8) is 0 Å². The van der Waals surface area contributed by atoms with E-state index < -0.39 is 56.6 Å². The van der Waals surface area contributed by atoms with Crippen LogP contribution in [0, 0.1) is 17.8 Å². The fourth-order valence-corrected chi connectivity index (χ4v) is 9.65. The van der Waals surface area contributed by atoms with E-state index in [2.05, 4.69) is 16.6 Å². The number of benzene rings is 2. The van der Waals surface area contributed by atoms with Gasteiger partial charge in [0.25, 0.3) is 5.91 Å². The molecule has 3 aromatic rings. The van der Waals surface area contributed by atoms with E-state index in [9.17, 15) is 27.6 Å². The molecule has 13 nitrogen and oxygen atoms in total. The van der Waals surface area contributed by atoms with E-state index in [0.29, 0.717) is 60.4 Å². The maximum absolute atomic E-state index is 14.8. The Balaban J connectivity index is 1.20. The summed E-state index contributed by atoms with van der Waals surface area (Å²) >= 11 is 0. The zero-order valence-electron chi connectivity index (χ0n) is 32.9. The lowest BCUT2D eigenvalue weighted by Crippen LogP contribution is -2.57. The molecule has 5 atom stereocenters. The van der Waals surface area contributed by atoms with Crippen molar-refractivity contribution >= 4 is 44.6 Å².